The molecule has 0 aliphatic rings. The summed E-state index contributed by atoms with van der Waals surface area (Å²) in [4.78, 5) is 4.56. The first-order valence-corrected chi connectivity index (χ1v) is 6.85. The monoisotopic (exact) mass is 270 g/mol. The van der Waals surface area contributed by atoms with Gasteiger partial charge in [0.2, 0.25) is 0 Å². The van der Waals surface area contributed by atoms with Crippen molar-refractivity contribution in [2.45, 2.75) is 38.6 Å². The Labute approximate surface area is 112 Å². The van der Waals surface area contributed by atoms with E-state index in [2.05, 4.69) is 23.4 Å². The van der Waals surface area contributed by atoms with Crippen molar-refractivity contribution in [1.29, 1.82) is 0 Å². The lowest BCUT2D eigenvalue weighted by Crippen LogP contribution is -2.10. The molecule has 0 fully saturated rings. The largest absolute Gasteiger partial charge is 0.323 e. The van der Waals surface area contributed by atoms with Crippen LogP contribution >= 0.6 is 23.2 Å². The van der Waals surface area contributed by atoms with E-state index in [4.69, 9.17) is 23.2 Å². The zero-order valence-corrected chi connectivity index (χ0v) is 11.6. The summed E-state index contributed by atoms with van der Waals surface area (Å²) in [6.07, 6.45) is 2.11. The van der Waals surface area contributed by atoms with Gasteiger partial charge in [-0.05, 0) is 25.0 Å². The topological polar surface area (TPSA) is 17.8 Å². The highest BCUT2D eigenvalue weighted by atomic mass is 35.5. The molecule has 0 radical (unpaired) electrons. The lowest BCUT2D eigenvalue weighted by Gasteiger charge is -2.18. The van der Waals surface area contributed by atoms with Crippen molar-refractivity contribution in [1.82, 2.24) is 9.55 Å². The van der Waals surface area contributed by atoms with Crippen LogP contribution in [-0.4, -0.2) is 9.55 Å². The number of hydrogen-bond donors (Lipinski definition) is 0. The molecule has 0 aliphatic heterocycles. The van der Waals surface area contributed by atoms with E-state index in [1.807, 2.05) is 18.2 Å². The molecular formula is C13H16Cl2N2. The minimum atomic E-state index is 0.411. The first kappa shape index (κ1) is 12.7. The van der Waals surface area contributed by atoms with Crippen molar-refractivity contribution in [2.24, 2.45) is 0 Å². The van der Waals surface area contributed by atoms with Gasteiger partial charge < -0.3 is 4.57 Å². The van der Waals surface area contributed by atoms with Crippen molar-refractivity contribution in [3.8, 4) is 0 Å². The van der Waals surface area contributed by atoms with Crippen LogP contribution in [-0.2, 0) is 5.88 Å². The summed E-state index contributed by atoms with van der Waals surface area (Å²) in [7, 11) is 0. The second-order valence-corrected chi connectivity index (χ2v) is 4.78. The summed E-state index contributed by atoms with van der Waals surface area (Å²) >= 11 is 12.3. The van der Waals surface area contributed by atoms with Crippen molar-refractivity contribution in [3.05, 3.63) is 29.0 Å². The van der Waals surface area contributed by atoms with Crippen molar-refractivity contribution >= 4 is 34.2 Å². The Bertz CT molecular complexity index is 515. The molecule has 92 valence electrons. The van der Waals surface area contributed by atoms with Crippen LogP contribution in [0.15, 0.2) is 18.2 Å². The summed E-state index contributed by atoms with van der Waals surface area (Å²) in [5.41, 5.74) is 1.94. The fraction of sp³-hybridized carbons (Fsp3) is 0.462. The van der Waals surface area contributed by atoms with Gasteiger partial charge in [0.05, 0.1) is 21.9 Å². The maximum atomic E-state index is 6.29. The molecule has 1 heterocycles. The average molecular weight is 271 g/mol. The Balaban J connectivity index is 2.72. The van der Waals surface area contributed by atoms with Gasteiger partial charge in [0.25, 0.3) is 0 Å². The highest BCUT2D eigenvalue weighted by Gasteiger charge is 2.17. The van der Waals surface area contributed by atoms with E-state index in [0.717, 1.165) is 34.7 Å². The number of nitrogens with zero attached hydrogens (tertiary/aromatic N) is 2. The molecule has 0 aliphatic carbocycles. The Morgan fingerprint density at radius 2 is 2.00 bits per heavy atom. The van der Waals surface area contributed by atoms with Gasteiger partial charge in [-0.3, -0.25) is 0 Å². The van der Waals surface area contributed by atoms with Gasteiger partial charge in [0.15, 0.2) is 0 Å². The van der Waals surface area contributed by atoms with Crippen LogP contribution in [0.3, 0.4) is 0 Å². The Hall–Kier alpha value is -0.730. The summed E-state index contributed by atoms with van der Waals surface area (Å²) in [5, 5.41) is 0.748. The van der Waals surface area contributed by atoms with Crippen LogP contribution in [0.1, 0.15) is 38.6 Å². The zero-order valence-electron chi connectivity index (χ0n) is 10.1. The van der Waals surface area contributed by atoms with Crippen molar-refractivity contribution in [2.75, 3.05) is 0 Å². The predicted octanol–water partition coefficient (Wildman–Crippen LogP) is 4.79. The smallest absolute Gasteiger partial charge is 0.125 e. The normalized spacial score (nSPS) is 11.6. The Kier molecular flexibility index (Phi) is 3.95. The average Bonchev–Trinajstić information content (AvgIpc) is 2.71. The Morgan fingerprint density at radius 3 is 2.59 bits per heavy atom. The molecule has 0 spiro atoms. The lowest BCUT2D eigenvalue weighted by molar-refractivity contribution is 0.472. The van der Waals surface area contributed by atoms with Crippen LogP contribution < -0.4 is 0 Å². The fourth-order valence-corrected chi connectivity index (χ4v) is 2.75. The molecule has 2 aromatic rings. The van der Waals surface area contributed by atoms with E-state index in [-0.39, 0.29) is 0 Å². The quantitative estimate of drug-likeness (QED) is 0.731. The maximum absolute atomic E-state index is 6.29. The minimum Gasteiger partial charge on any atom is -0.323 e. The van der Waals surface area contributed by atoms with Crippen LogP contribution in [0.2, 0.25) is 5.02 Å². The summed E-state index contributed by atoms with van der Waals surface area (Å²) in [5.74, 6) is 1.32. The van der Waals surface area contributed by atoms with E-state index in [9.17, 15) is 0 Å². The van der Waals surface area contributed by atoms with Gasteiger partial charge in [-0.15, -0.1) is 11.6 Å². The number of rotatable bonds is 4. The van der Waals surface area contributed by atoms with Gasteiger partial charge >= 0.3 is 0 Å². The van der Waals surface area contributed by atoms with Crippen LogP contribution in [0.4, 0.5) is 0 Å². The van der Waals surface area contributed by atoms with E-state index in [0.29, 0.717) is 11.9 Å². The second kappa shape index (κ2) is 5.28. The summed E-state index contributed by atoms with van der Waals surface area (Å²) in [6, 6.07) is 6.22. The molecule has 0 amide bonds. The molecule has 0 saturated heterocycles. The van der Waals surface area contributed by atoms with Crippen molar-refractivity contribution < 1.29 is 0 Å². The summed E-state index contributed by atoms with van der Waals surface area (Å²) < 4.78 is 2.20. The molecule has 4 heteroatoms. The van der Waals surface area contributed by atoms with Gasteiger partial charge in [0, 0.05) is 6.04 Å². The molecule has 2 nitrogen and oxygen atoms in total. The highest BCUT2D eigenvalue weighted by molar-refractivity contribution is 6.35. The molecule has 2 rings (SSSR count). The zero-order chi connectivity index (χ0) is 12.4. The highest BCUT2D eigenvalue weighted by Crippen LogP contribution is 2.30. The maximum Gasteiger partial charge on any atom is 0.125 e. The van der Waals surface area contributed by atoms with E-state index >= 15 is 0 Å². The van der Waals surface area contributed by atoms with Crippen molar-refractivity contribution in [3.63, 3.8) is 0 Å². The number of hydrogen-bond acceptors (Lipinski definition) is 1. The third-order valence-corrected chi connectivity index (χ3v) is 3.71. The number of fused-ring (bicyclic) bond motifs is 1. The first-order chi connectivity index (χ1) is 8.22. The molecule has 1 aromatic carbocycles. The van der Waals surface area contributed by atoms with E-state index < -0.39 is 0 Å². The number of benzene rings is 1. The van der Waals surface area contributed by atoms with Gasteiger partial charge in [0.1, 0.15) is 5.82 Å². The SMILES string of the molecule is CCC(CC)n1c(CCl)nc2cccc(Cl)c21. The lowest BCUT2D eigenvalue weighted by atomic mass is 10.1. The predicted molar refractivity (Wildman–Crippen MR) is 73.9 cm³/mol. The van der Waals surface area contributed by atoms with Crippen LogP contribution in [0.25, 0.3) is 11.0 Å². The Morgan fingerprint density at radius 1 is 1.29 bits per heavy atom. The van der Waals surface area contributed by atoms with Crippen LogP contribution in [0.5, 0.6) is 0 Å². The molecular weight excluding hydrogens is 255 g/mol. The first-order valence-electron chi connectivity index (χ1n) is 5.94. The summed E-state index contributed by atoms with van der Waals surface area (Å²) in [6.45, 7) is 4.35. The fourth-order valence-electron chi connectivity index (χ4n) is 2.30. The van der Waals surface area contributed by atoms with E-state index in [1.165, 1.54) is 0 Å². The number of aromatic nitrogens is 2. The molecule has 0 atom stereocenters. The third-order valence-electron chi connectivity index (χ3n) is 3.16. The number of imidazole rings is 1. The second-order valence-electron chi connectivity index (χ2n) is 4.11. The number of alkyl halides is 1. The van der Waals surface area contributed by atoms with Gasteiger partial charge in [-0.2, -0.15) is 0 Å². The molecule has 0 saturated carbocycles. The third kappa shape index (κ3) is 2.16. The molecule has 17 heavy (non-hydrogen) atoms. The number of halogens is 2. The number of para-hydroxylation sites is 1. The molecule has 0 bridgehead atoms. The molecule has 0 N–H and O–H groups in total. The minimum absolute atomic E-state index is 0.411. The van der Waals surface area contributed by atoms with E-state index in [1.54, 1.807) is 0 Å². The van der Waals surface area contributed by atoms with Gasteiger partial charge in [-0.1, -0.05) is 31.5 Å². The molecule has 0 unspecified atom stereocenters. The molecule has 1 aromatic heterocycles. The van der Waals surface area contributed by atoms with Gasteiger partial charge in [-0.25, -0.2) is 4.98 Å². The van der Waals surface area contributed by atoms with Crippen LogP contribution in [0, 0.1) is 0 Å². The standard InChI is InChI=1S/C13H16Cl2N2/c1-3-9(4-2)17-12(8-14)16-11-7-5-6-10(15)13(11)17/h5-7,9H,3-4,8H2,1-2H3.